The van der Waals surface area contributed by atoms with E-state index >= 15 is 0 Å². The molecule has 0 fully saturated rings. The smallest absolute Gasteiger partial charge is 0.282 e. The molecule has 1 aromatic carbocycles. The van der Waals surface area contributed by atoms with Crippen LogP contribution in [0.3, 0.4) is 0 Å². The maximum Gasteiger partial charge on any atom is 0.282 e. The molecule has 1 aliphatic heterocycles. The number of nitro benzene ring substituents is 1. The van der Waals surface area contributed by atoms with Crippen LogP contribution in [0.5, 0.6) is 0 Å². The molecule has 1 N–H and O–H groups in total. The third-order valence-electron chi connectivity index (χ3n) is 3.69. The number of nitrogens with zero attached hydrogens (tertiary/aromatic N) is 2. The summed E-state index contributed by atoms with van der Waals surface area (Å²) in [4.78, 5) is 37.3. The number of thiophene rings is 1. The second-order valence-electron chi connectivity index (χ2n) is 5.42. The van der Waals surface area contributed by atoms with Gasteiger partial charge in [0.25, 0.3) is 17.5 Å². The highest BCUT2D eigenvalue weighted by Crippen LogP contribution is 2.29. The molecule has 2 amide bonds. The van der Waals surface area contributed by atoms with Crippen molar-refractivity contribution in [3.05, 3.63) is 61.8 Å². The molecule has 2 heterocycles. The zero-order valence-corrected chi connectivity index (χ0v) is 13.1. The average Bonchev–Trinajstić information content (AvgIpc) is 3.10. The second-order valence-corrected chi connectivity index (χ2v) is 6.20. The van der Waals surface area contributed by atoms with Crippen LogP contribution in [-0.4, -0.2) is 35.4 Å². The van der Waals surface area contributed by atoms with Crippen LogP contribution >= 0.6 is 11.3 Å². The van der Waals surface area contributed by atoms with E-state index < -0.39 is 16.7 Å². The summed E-state index contributed by atoms with van der Waals surface area (Å²) < 4.78 is 0. The van der Waals surface area contributed by atoms with Gasteiger partial charge in [-0.05, 0) is 22.9 Å². The van der Waals surface area contributed by atoms with Crippen LogP contribution in [0.4, 0.5) is 5.69 Å². The highest BCUT2D eigenvalue weighted by atomic mass is 32.1. The fraction of sp³-hybridized carbons (Fsp3) is 0.200. The summed E-state index contributed by atoms with van der Waals surface area (Å²) in [6, 6.07) is 6.11. The van der Waals surface area contributed by atoms with E-state index in [1.54, 1.807) is 11.3 Å². The number of benzene rings is 1. The molecular weight excluding hydrogens is 318 g/mol. The largest absolute Gasteiger partial charge is 0.316 e. The summed E-state index contributed by atoms with van der Waals surface area (Å²) >= 11 is 1.58. The molecule has 0 spiro atoms. The van der Waals surface area contributed by atoms with Crippen molar-refractivity contribution < 1.29 is 19.4 Å². The minimum Gasteiger partial charge on any atom is -0.316 e. The topological polar surface area (TPSA) is 85.0 Å². The highest BCUT2D eigenvalue weighted by molar-refractivity contribution is 7.07. The van der Waals surface area contributed by atoms with Crippen LogP contribution in [0.2, 0.25) is 0 Å². The Morgan fingerprint density at radius 1 is 1.26 bits per heavy atom. The van der Waals surface area contributed by atoms with E-state index in [0.29, 0.717) is 6.54 Å². The Morgan fingerprint density at radius 3 is 2.70 bits per heavy atom. The van der Waals surface area contributed by atoms with Crippen LogP contribution in [0, 0.1) is 10.1 Å². The second kappa shape index (κ2) is 5.90. The zero-order chi connectivity index (χ0) is 16.6. The summed E-state index contributed by atoms with van der Waals surface area (Å²) in [5.74, 6) is -1.07. The lowest BCUT2D eigenvalue weighted by atomic mass is 10.1. The van der Waals surface area contributed by atoms with Crippen LogP contribution in [0.15, 0.2) is 35.0 Å². The number of hydrogen-bond donors (Lipinski definition) is 1. The normalized spacial score (nSPS) is 14.9. The monoisotopic (exact) mass is 332 g/mol. The van der Waals surface area contributed by atoms with Crippen molar-refractivity contribution >= 4 is 28.8 Å². The van der Waals surface area contributed by atoms with Crippen molar-refractivity contribution in [1.29, 1.82) is 0 Å². The molecule has 1 aliphatic rings. The third-order valence-corrected chi connectivity index (χ3v) is 4.42. The lowest BCUT2D eigenvalue weighted by molar-refractivity contribution is -0.901. The van der Waals surface area contributed by atoms with Crippen molar-refractivity contribution in [1.82, 2.24) is 4.90 Å². The van der Waals surface area contributed by atoms with E-state index in [1.807, 2.05) is 23.9 Å². The van der Waals surface area contributed by atoms with Crippen LogP contribution in [-0.2, 0) is 6.54 Å². The number of imide groups is 1. The molecule has 3 rings (SSSR count). The molecule has 8 heteroatoms. The van der Waals surface area contributed by atoms with Gasteiger partial charge in [-0.2, -0.15) is 11.3 Å². The van der Waals surface area contributed by atoms with Gasteiger partial charge < -0.3 is 4.90 Å². The lowest BCUT2D eigenvalue weighted by Gasteiger charge is -2.19. The lowest BCUT2D eigenvalue weighted by Crippen LogP contribution is -3.09. The van der Waals surface area contributed by atoms with E-state index in [1.165, 1.54) is 18.2 Å². The van der Waals surface area contributed by atoms with E-state index in [9.17, 15) is 19.7 Å². The molecule has 1 unspecified atom stereocenters. The number of quaternary nitrogens is 1. The van der Waals surface area contributed by atoms with Gasteiger partial charge in [0, 0.05) is 11.6 Å². The van der Waals surface area contributed by atoms with Gasteiger partial charge in [0.05, 0.1) is 17.5 Å². The van der Waals surface area contributed by atoms with Gasteiger partial charge in [-0.1, -0.05) is 6.07 Å². The summed E-state index contributed by atoms with van der Waals surface area (Å²) in [6.07, 6.45) is 0. The number of carbonyl (C=O) groups is 2. The quantitative estimate of drug-likeness (QED) is 0.501. The van der Waals surface area contributed by atoms with Crippen molar-refractivity contribution in [3.8, 4) is 0 Å². The van der Waals surface area contributed by atoms with Gasteiger partial charge in [-0.15, -0.1) is 0 Å². The summed E-state index contributed by atoms with van der Waals surface area (Å²) in [5.41, 5.74) is 0.798. The SMILES string of the molecule is C[NH+](Cc1ccsc1)CN1C(=O)c2cccc([N+](=O)[O-])c2C1=O. The Balaban J connectivity index is 1.83. The minimum atomic E-state index is -0.630. The maximum absolute atomic E-state index is 12.5. The molecule has 1 atom stereocenters. The minimum absolute atomic E-state index is 0.104. The maximum atomic E-state index is 12.5. The number of nitrogens with one attached hydrogen (secondary N) is 1. The molecule has 0 saturated carbocycles. The number of amides is 2. The number of rotatable bonds is 5. The first-order valence-electron chi connectivity index (χ1n) is 6.95. The molecule has 23 heavy (non-hydrogen) atoms. The first-order chi connectivity index (χ1) is 11.0. The standard InChI is InChI=1S/C15H13N3O4S/c1-16(7-10-5-6-23-8-10)9-17-14(19)11-3-2-4-12(18(21)22)13(11)15(17)20/h2-6,8H,7,9H2,1H3/p+1. The fourth-order valence-corrected chi connectivity index (χ4v) is 3.35. The molecule has 0 radical (unpaired) electrons. The Hall–Kier alpha value is -2.58. The first kappa shape index (κ1) is 15.3. The van der Waals surface area contributed by atoms with Gasteiger partial charge in [-0.3, -0.25) is 19.7 Å². The number of carbonyl (C=O) groups excluding carboxylic acids is 2. The van der Waals surface area contributed by atoms with Crippen molar-refractivity contribution in [2.24, 2.45) is 0 Å². The summed E-state index contributed by atoms with van der Waals surface area (Å²) in [6.45, 7) is 0.832. The molecule has 2 aromatic rings. The van der Waals surface area contributed by atoms with Gasteiger partial charge >= 0.3 is 0 Å². The average molecular weight is 332 g/mol. The van der Waals surface area contributed by atoms with Crippen LogP contribution in [0.1, 0.15) is 26.3 Å². The number of hydrogen-bond acceptors (Lipinski definition) is 5. The van der Waals surface area contributed by atoms with Gasteiger partial charge in [-0.25, -0.2) is 4.90 Å². The molecule has 7 nitrogen and oxygen atoms in total. The highest BCUT2D eigenvalue weighted by Gasteiger charge is 2.42. The van der Waals surface area contributed by atoms with E-state index in [-0.39, 0.29) is 23.5 Å². The fourth-order valence-electron chi connectivity index (χ4n) is 2.68. The summed E-state index contributed by atoms with van der Waals surface area (Å²) in [5, 5.41) is 15.0. The first-order valence-corrected chi connectivity index (χ1v) is 7.89. The van der Waals surface area contributed by atoms with E-state index in [2.05, 4.69) is 0 Å². The number of nitro groups is 1. The van der Waals surface area contributed by atoms with Crippen LogP contribution in [0.25, 0.3) is 0 Å². The van der Waals surface area contributed by atoms with Crippen molar-refractivity contribution in [3.63, 3.8) is 0 Å². The Labute approximate surface area is 135 Å². The third kappa shape index (κ3) is 2.73. The predicted octanol–water partition coefficient (Wildman–Crippen LogP) is 0.925. The molecule has 118 valence electrons. The van der Waals surface area contributed by atoms with Crippen LogP contribution < -0.4 is 4.90 Å². The van der Waals surface area contributed by atoms with Gasteiger partial charge in [0.2, 0.25) is 0 Å². The van der Waals surface area contributed by atoms with Gasteiger partial charge in [0.15, 0.2) is 6.67 Å². The molecule has 0 aliphatic carbocycles. The van der Waals surface area contributed by atoms with Crippen molar-refractivity contribution in [2.75, 3.05) is 13.7 Å². The molecule has 0 saturated heterocycles. The van der Waals surface area contributed by atoms with Crippen molar-refractivity contribution in [2.45, 2.75) is 6.54 Å². The Kier molecular flexibility index (Phi) is 3.93. The van der Waals surface area contributed by atoms with E-state index in [0.717, 1.165) is 15.4 Å². The summed E-state index contributed by atoms with van der Waals surface area (Å²) in [7, 11) is 1.87. The van der Waals surface area contributed by atoms with Gasteiger partial charge in [0.1, 0.15) is 12.1 Å². The zero-order valence-electron chi connectivity index (χ0n) is 12.3. The number of fused-ring (bicyclic) bond motifs is 1. The Bertz CT molecular complexity index is 788. The Morgan fingerprint density at radius 2 is 2.04 bits per heavy atom. The van der Waals surface area contributed by atoms with E-state index in [4.69, 9.17) is 0 Å². The predicted molar refractivity (Wildman–Crippen MR) is 83.4 cm³/mol. The molecule has 0 bridgehead atoms. The molecular formula is C15H14N3O4S+. The molecule has 1 aromatic heterocycles.